The molecule has 3 aromatic rings. The second-order valence-corrected chi connectivity index (χ2v) is 7.40. The van der Waals surface area contributed by atoms with E-state index in [-0.39, 0.29) is 0 Å². The number of guanidine groups is 1. The zero-order valence-corrected chi connectivity index (χ0v) is 17.5. The van der Waals surface area contributed by atoms with Crippen molar-refractivity contribution in [3.8, 4) is 11.6 Å². The van der Waals surface area contributed by atoms with Crippen LogP contribution in [-0.2, 0) is 13.5 Å². The number of aliphatic imine (C=N–C) groups is 1. The van der Waals surface area contributed by atoms with Crippen molar-refractivity contribution in [1.82, 2.24) is 35.6 Å². The zero-order valence-electron chi connectivity index (χ0n) is 17.5. The molecule has 10 heteroatoms. The molecule has 0 spiro atoms. The molecule has 1 atom stereocenters. The molecule has 0 aromatic carbocycles. The van der Waals surface area contributed by atoms with Crippen molar-refractivity contribution in [3.63, 3.8) is 0 Å². The first-order valence-corrected chi connectivity index (χ1v) is 10.4. The fourth-order valence-corrected chi connectivity index (χ4v) is 3.61. The summed E-state index contributed by atoms with van der Waals surface area (Å²) in [4.78, 5) is 11.6. The normalized spacial score (nSPS) is 17.3. The van der Waals surface area contributed by atoms with E-state index in [9.17, 15) is 0 Å². The molecule has 0 aliphatic carbocycles. The molecule has 0 radical (unpaired) electrons. The monoisotopic (exact) mass is 411 g/mol. The molecule has 3 aromatic heterocycles. The van der Waals surface area contributed by atoms with Crippen molar-refractivity contribution < 1.29 is 4.42 Å². The maximum absolute atomic E-state index is 5.33. The highest BCUT2D eigenvalue weighted by atomic mass is 16.3. The smallest absolute Gasteiger partial charge is 0.216 e. The molecular formula is C20H29N9O. The van der Waals surface area contributed by atoms with Crippen LogP contribution in [0, 0.1) is 0 Å². The number of anilines is 1. The Morgan fingerprint density at radius 2 is 2.37 bits per heavy atom. The number of rotatable bonds is 7. The molecule has 1 fully saturated rings. The van der Waals surface area contributed by atoms with Gasteiger partial charge in [-0.3, -0.25) is 14.8 Å². The molecule has 0 amide bonds. The molecule has 30 heavy (non-hydrogen) atoms. The van der Waals surface area contributed by atoms with Crippen LogP contribution >= 0.6 is 0 Å². The van der Waals surface area contributed by atoms with E-state index >= 15 is 0 Å². The number of aryl methyl sites for hydroxylation is 1. The number of nitrogens with zero attached hydrogens (tertiary/aromatic N) is 6. The molecule has 1 saturated heterocycles. The van der Waals surface area contributed by atoms with E-state index in [0.717, 1.165) is 44.3 Å². The summed E-state index contributed by atoms with van der Waals surface area (Å²) in [7, 11) is 1.95. The lowest BCUT2D eigenvalue weighted by Gasteiger charge is -2.34. The Morgan fingerprint density at radius 1 is 1.43 bits per heavy atom. The van der Waals surface area contributed by atoms with E-state index in [4.69, 9.17) is 9.41 Å². The summed E-state index contributed by atoms with van der Waals surface area (Å²) in [6.07, 6.45) is 8.54. The Labute approximate surface area is 175 Å². The summed E-state index contributed by atoms with van der Waals surface area (Å²) in [6.45, 7) is 5.49. The van der Waals surface area contributed by atoms with Gasteiger partial charge in [0.05, 0.1) is 18.1 Å². The fourth-order valence-electron chi connectivity index (χ4n) is 3.61. The molecule has 10 nitrogen and oxygen atoms in total. The quantitative estimate of drug-likeness (QED) is 0.400. The maximum atomic E-state index is 5.33. The van der Waals surface area contributed by atoms with Gasteiger partial charge in [-0.25, -0.2) is 4.98 Å². The lowest BCUT2D eigenvalue weighted by atomic mass is 10.1. The van der Waals surface area contributed by atoms with Crippen LogP contribution in [-0.4, -0.2) is 63.1 Å². The standard InChI is InChI=1S/C20H29N9O/c1-3-21-20(22-9-8-18-25-19(27-26-18)17-7-5-11-30-17)24-15-6-4-10-29(13-15)16-12-23-28(2)14-16/h5,7,11-12,14-15H,3-4,6,8-10,13H2,1-2H3,(H2,21,22,24)(H,25,26,27). The lowest BCUT2D eigenvalue weighted by Crippen LogP contribution is -2.51. The molecule has 4 rings (SSSR count). The third-order valence-corrected chi connectivity index (χ3v) is 5.05. The van der Waals surface area contributed by atoms with Crippen molar-refractivity contribution in [1.29, 1.82) is 0 Å². The van der Waals surface area contributed by atoms with Crippen LogP contribution in [0.4, 0.5) is 5.69 Å². The Morgan fingerprint density at radius 3 is 3.13 bits per heavy atom. The zero-order chi connectivity index (χ0) is 20.8. The van der Waals surface area contributed by atoms with Gasteiger partial charge in [0.2, 0.25) is 5.82 Å². The van der Waals surface area contributed by atoms with Gasteiger partial charge in [-0.15, -0.1) is 0 Å². The third kappa shape index (κ3) is 5.00. The number of hydrogen-bond acceptors (Lipinski definition) is 6. The van der Waals surface area contributed by atoms with E-state index in [0.29, 0.717) is 30.6 Å². The van der Waals surface area contributed by atoms with Gasteiger partial charge < -0.3 is 20.0 Å². The molecule has 0 saturated carbocycles. The van der Waals surface area contributed by atoms with Crippen LogP contribution < -0.4 is 15.5 Å². The van der Waals surface area contributed by atoms with Crippen LogP contribution in [0.3, 0.4) is 0 Å². The SMILES string of the molecule is CCNC(=NCCc1nc(-c2ccco2)n[nH]1)NC1CCCN(c2cnn(C)c2)C1. The number of aromatic nitrogens is 5. The summed E-state index contributed by atoms with van der Waals surface area (Å²) in [5.41, 5.74) is 1.17. The van der Waals surface area contributed by atoms with Crippen molar-refractivity contribution in [2.45, 2.75) is 32.2 Å². The highest BCUT2D eigenvalue weighted by molar-refractivity contribution is 5.80. The molecule has 3 N–H and O–H groups in total. The molecular weight excluding hydrogens is 382 g/mol. The predicted molar refractivity (Wildman–Crippen MR) is 115 cm³/mol. The van der Waals surface area contributed by atoms with Crippen LogP contribution in [0.25, 0.3) is 11.6 Å². The Bertz CT molecular complexity index is 943. The number of furan rings is 1. The maximum Gasteiger partial charge on any atom is 0.216 e. The second-order valence-electron chi connectivity index (χ2n) is 7.40. The van der Waals surface area contributed by atoms with E-state index in [2.05, 4.69) is 48.9 Å². The molecule has 0 bridgehead atoms. The highest BCUT2D eigenvalue weighted by Crippen LogP contribution is 2.19. The summed E-state index contributed by atoms with van der Waals surface area (Å²) in [5.74, 6) is 2.86. The van der Waals surface area contributed by atoms with Gasteiger partial charge in [-0.2, -0.15) is 10.2 Å². The number of piperidine rings is 1. The summed E-state index contributed by atoms with van der Waals surface area (Å²) in [6, 6.07) is 4.01. The average Bonchev–Trinajstić information content (AvgIpc) is 3.50. The Kier molecular flexibility index (Phi) is 6.31. The minimum Gasteiger partial charge on any atom is -0.461 e. The van der Waals surface area contributed by atoms with Gasteiger partial charge in [0.15, 0.2) is 11.7 Å². The van der Waals surface area contributed by atoms with Crippen LogP contribution in [0.5, 0.6) is 0 Å². The number of H-pyrrole nitrogens is 1. The second kappa shape index (κ2) is 9.47. The summed E-state index contributed by atoms with van der Waals surface area (Å²) >= 11 is 0. The average molecular weight is 412 g/mol. The van der Waals surface area contributed by atoms with Gasteiger partial charge in [-0.1, -0.05) is 0 Å². The van der Waals surface area contributed by atoms with Crippen LogP contribution in [0.1, 0.15) is 25.6 Å². The summed E-state index contributed by atoms with van der Waals surface area (Å²) < 4.78 is 7.18. The van der Waals surface area contributed by atoms with Gasteiger partial charge >= 0.3 is 0 Å². The van der Waals surface area contributed by atoms with Gasteiger partial charge in [0, 0.05) is 51.9 Å². The minimum atomic E-state index is 0.340. The molecule has 1 aliphatic heterocycles. The van der Waals surface area contributed by atoms with E-state index in [1.807, 2.05) is 30.1 Å². The van der Waals surface area contributed by atoms with Gasteiger partial charge in [-0.05, 0) is 31.9 Å². The Hall–Kier alpha value is -3.30. The molecule has 160 valence electrons. The highest BCUT2D eigenvalue weighted by Gasteiger charge is 2.21. The first-order chi connectivity index (χ1) is 14.7. The molecule has 4 heterocycles. The van der Waals surface area contributed by atoms with Crippen LogP contribution in [0.15, 0.2) is 40.2 Å². The lowest BCUT2D eigenvalue weighted by molar-refractivity contribution is 0.468. The third-order valence-electron chi connectivity index (χ3n) is 5.05. The number of hydrogen-bond donors (Lipinski definition) is 3. The van der Waals surface area contributed by atoms with Gasteiger partial charge in [0.25, 0.3) is 0 Å². The topological polar surface area (TPSA) is 112 Å². The van der Waals surface area contributed by atoms with E-state index in [1.165, 1.54) is 5.69 Å². The van der Waals surface area contributed by atoms with E-state index < -0.39 is 0 Å². The number of aromatic amines is 1. The fraction of sp³-hybridized carbons (Fsp3) is 0.500. The van der Waals surface area contributed by atoms with E-state index in [1.54, 1.807) is 6.26 Å². The first kappa shape index (κ1) is 20.0. The largest absolute Gasteiger partial charge is 0.461 e. The first-order valence-electron chi connectivity index (χ1n) is 10.4. The minimum absolute atomic E-state index is 0.340. The van der Waals surface area contributed by atoms with Crippen molar-refractivity contribution in [2.24, 2.45) is 12.0 Å². The summed E-state index contributed by atoms with van der Waals surface area (Å²) in [5, 5.41) is 18.4. The van der Waals surface area contributed by atoms with Gasteiger partial charge in [0.1, 0.15) is 5.82 Å². The molecule has 1 unspecified atom stereocenters. The molecule has 1 aliphatic rings. The number of nitrogens with one attached hydrogen (secondary N) is 3. The van der Waals surface area contributed by atoms with Crippen molar-refractivity contribution in [3.05, 3.63) is 36.6 Å². The predicted octanol–water partition coefficient (Wildman–Crippen LogP) is 1.56. The van der Waals surface area contributed by atoms with Crippen LogP contribution in [0.2, 0.25) is 0 Å². The van der Waals surface area contributed by atoms with Crippen molar-refractivity contribution in [2.75, 3.05) is 31.1 Å². The Balaban J connectivity index is 1.32. The van der Waals surface area contributed by atoms with Crippen molar-refractivity contribution >= 4 is 11.6 Å².